The maximum atomic E-state index is 13.8. The largest absolute Gasteiger partial charge is 0.418 e. The van der Waals surface area contributed by atoms with Crippen LogP contribution < -0.4 is 16.0 Å². The summed E-state index contributed by atoms with van der Waals surface area (Å²) < 4.78 is 72.6. The minimum Gasteiger partial charge on any atom is -0.370 e. The van der Waals surface area contributed by atoms with Crippen molar-refractivity contribution in [2.75, 3.05) is 43.1 Å². The van der Waals surface area contributed by atoms with Gasteiger partial charge in [-0.05, 0) is 23.6 Å². The molecule has 190 valence electrons. The van der Waals surface area contributed by atoms with Gasteiger partial charge in [0.1, 0.15) is 6.61 Å². The van der Waals surface area contributed by atoms with Crippen LogP contribution in [0.4, 0.5) is 33.3 Å². The molecule has 1 fully saturated rings. The first-order chi connectivity index (χ1) is 15.6. The average Bonchev–Trinajstić information content (AvgIpc) is 2.66. The molecule has 1 heterocycles. The third kappa shape index (κ3) is 7.35. The molecule has 2 rings (SSSR count). The molecule has 3 amide bonds. The maximum Gasteiger partial charge on any atom is 0.418 e. The van der Waals surface area contributed by atoms with Gasteiger partial charge in [-0.3, -0.25) is 19.3 Å². The van der Waals surface area contributed by atoms with Crippen LogP contribution in [-0.4, -0.2) is 67.9 Å². The summed E-state index contributed by atoms with van der Waals surface area (Å²) in [4.78, 5) is 38.8. The zero-order chi connectivity index (χ0) is 25.8. The Morgan fingerprint density at radius 3 is 2.38 bits per heavy atom. The van der Waals surface area contributed by atoms with Crippen molar-refractivity contribution >= 4 is 29.1 Å². The van der Waals surface area contributed by atoms with Crippen molar-refractivity contribution in [3.8, 4) is 0 Å². The van der Waals surface area contributed by atoms with Gasteiger partial charge < -0.3 is 20.7 Å². The number of rotatable bonds is 8. The number of benzene rings is 1. The van der Waals surface area contributed by atoms with Crippen molar-refractivity contribution in [2.24, 2.45) is 11.1 Å². The number of ether oxygens (including phenoxy) is 1. The highest BCUT2D eigenvalue weighted by molar-refractivity contribution is 6.10. The Bertz CT molecular complexity index is 917. The molecular weight excluding hydrogens is 467 g/mol. The van der Waals surface area contributed by atoms with E-state index in [4.69, 9.17) is 10.5 Å². The first-order valence-corrected chi connectivity index (χ1v) is 10.3. The van der Waals surface area contributed by atoms with Gasteiger partial charge in [-0.25, -0.2) is 8.78 Å². The minimum atomic E-state index is -4.94. The van der Waals surface area contributed by atoms with Crippen molar-refractivity contribution < 1.29 is 41.1 Å². The number of anilines is 2. The summed E-state index contributed by atoms with van der Waals surface area (Å²) in [7, 11) is 0. The molecule has 0 bridgehead atoms. The lowest BCUT2D eigenvalue weighted by Gasteiger charge is -2.34. The summed E-state index contributed by atoms with van der Waals surface area (Å²) in [5.41, 5.74) is 2.60. The molecule has 0 aliphatic carbocycles. The Labute approximate surface area is 193 Å². The second-order valence-electron chi connectivity index (χ2n) is 9.00. The fourth-order valence-corrected chi connectivity index (χ4v) is 3.56. The van der Waals surface area contributed by atoms with Gasteiger partial charge in [0, 0.05) is 18.8 Å². The Balaban J connectivity index is 2.40. The predicted molar refractivity (Wildman–Crippen MR) is 113 cm³/mol. The van der Waals surface area contributed by atoms with E-state index in [1.54, 1.807) is 20.8 Å². The SMILES string of the molecule is CC(C)(C)CN(CC(F)F)[C@H](C(N)=O)C(=O)Nc1ccc(N2CCOCC2=O)cc1C(F)(F)F. The van der Waals surface area contributed by atoms with E-state index in [0.29, 0.717) is 6.07 Å². The van der Waals surface area contributed by atoms with Gasteiger partial charge in [-0.1, -0.05) is 20.8 Å². The summed E-state index contributed by atoms with van der Waals surface area (Å²) in [6.45, 7) is 3.79. The number of carbonyl (C=O) groups excluding carboxylic acids is 3. The van der Waals surface area contributed by atoms with Crippen molar-refractivity contribution in [2.45, 2.75) is 39.4 Å². The third-order valence-corrected chi connectivity index (χ3v) is 4.80. The van der Waals surface area contributed by atoms with Crippen LogP contribution in [-0.2, 0) is 25.3 Å². The molecular formula is C21H27F5N4O4. The van der Waals surface area contributed by atoms with Crippen molar-refractivity contribution in [1.29, 1.82) is 0 Å². The quantitative estimate of drug-likeness (QED) is 0.427. The van der Waals surface area contributed by atoms with Gasteiger partial charge in [0.15, 0.2) is 6.04 Å². The van der Waals surface area contributed by atoms with Gasteiger partial charge in [0.05, 0.1) is 24.4 Å². The molecule has 1 aromatic carbocycles. The molecule has 34 heavy (non-hydrogen) atoms. The fraction of sp³-hybridized carbons (Fsp3) is 0.571. The lowest BCUT2D eigenvalue weighted by atomic mass is 9.95. The summed E-state index contributed by atoms with van der Waals surface area (Å²) in [6.07, 6.45) is -7.86. The normalized spacial score (nSPS) is 16.2. The van der Waals surface area contributed by atoms with E-state index in [9.17, 15) is 36.3 Å². The number of alkyl halides is 5. The van der Waals surface area contributed by atoms with E-state index >= 15 is 0 Å². The van der Waals surface area contributed by atoms with Gasteiger partial charge in [-0.2, -0.15) is 13.2 Å². The molecule has 1 aliphatic rings. The van der Waals surface area contributed by atoms with Crippen LogP contribution in [0.2, 0.25) is 0 Å². The molecule has 0 saturated carbocycles. The van der Waals surface area contributed by atoms with Gasteiger partial charge in [0.2, 0.25) is 5.91 Å². The average molecular weight is 494 g/mol. The topological polar surface area (TPSA) is 105 Å². The highest BCUT2D eigenvalue weighted by atomic mass is 19.4. The summed E-state index contributed by atoms with van der Waals surface area (Å²) in [5, 5.41) is 2.00. The predicted octanol–water partition coefficient (Wildman–Crippen LogP) is 2.47. The lowest BCUT2D eigenvalue weighted by molar-refractivity contribution is -0.137. The number of morpholine rings is 1. The molecule has 1 aromatic rings. The maximum absolute atomic E-state index is 13.8. The molecule has 1 atom stereocenters. The summed E-state index contributed by atoms with van der Waals surface area (Å²) >= 11 is 0. The van der Waals surface area contributed by atoms with E-state index in [1.165, 1.54) is 6.07 Å². The molecule has 13 heteroatoms. The van der Waals surface area contributed by atoms with Crippen LogP contribution in [0.15, 0.2) is 18.2 Å². The molecule has 0 aromatic heterocycles. The Kier molecular flexibility index (Phi) is 8.59. The van der Waals surface area contributed by atoms with Gasteiger partial charge >= 0.3 is 6.18 Å². The fourth-order valence-electron chi connectivity index (χ4n) is 3.56. The smallest absolute Gasteiger partial charge is 0.370 e. The number of primary amides is 1. The Morgan fingerprint density at radius 1 is 1.24 bits per heavy atom. The minimum absolute atomic E-state index is 0.0426. The third-order valence-electron chi connectivity index (χ3n) is 4.80. The molecule has 0 radical (unpaired) electrons. The number of hydrogen-bond acceptors (Lipinski definition) is 5. The zero-order valence-corrected chi connectivity index (χ0v) is 18.9. The van der Waals surface area contributed by atoms with Crippen molar-refractivity contribution in [3.63, 3.8) is 0 Å². The second kappa shape index (κ2) is 10.6. The standard InChI is InChI=1S/C21H27F5N4O4/c1-20(2,3)11-29(9-15(22)23)17(18(27)32)19(33)28-14-5-4-12(8-13(14)21(24,25)26)30-6-7-34-10-16(30)31/h4-5,8,15,17H,6-7,9-11H2,1-3H3,(H2,27,32)(H,28,33)/t17-/m1/s1. The molecule has 0 spiro atoms. The van der Waals surface area contributed by atoms with E-state index in [0.717, 1.165) is 15.9 Å². The number of nitrogens with two attached hydrogens (primary N) is 1. The zero-order valence-electron chi connectivity index (χ0n) is 18.9. The van der Waals surface area contributed by atoms with Crippen molar-refractivity contribution in [3.05, 3.63) is 23.8 Å². The number of carbonyl (C=O) groups is 3. The number of nitrogens with one attached hydrogen (secondary N) is 1. The van der Waals surface area contributed by atoms with Crippen LogP contribution in [0.25, 0.3) is 0 Å². The lowest BCUT2D eigenvalue weighted by Crippen LogP contribution is -2.55. The van der Waals surface area contributed by atoms with Crippen molar-refractivity contribution in [1.82, 2.24) is 4.90 Å². The van der Waals surface area contributed by atoms with Gasteiger partial charge in [-0.15, -0.1) is 0 Å². The first-order valence-electron chi connectivity index (χ1n) is 10.3. The van der Waals surface area contributed by atoms with E-state index in [1.807, 2.05) is 5.32 Å². The first kappa shape index (κ1) is 27.4. The molecule has 8 nitrogen and oxygen atoms in total. The number of amides is 3. The molecule has 1 aliphatic heterocycles. The van der Waals surface area contributed by atoms with Gasteiger partial charge in [0.25, 0.3) is 18.2 Å². The van der Waals surface area contributed by atoms with Crippen LogP contribution in [0.5, 0.6) is 0 Å². The highest BCUT2D eigenvalue weighted by Crippen LogP contribution is 2.38. The highest BCUT2D eigenvalue weighted by Gasteiger charge is 2.39. The molecule has 1 saturated heterocycles. The monoisotopic (exact) mass is 494 g/mol. The second-order valence-corrected chi connectivity index (χ2v) is 9.00. The van der Waals surface area contributed by atoms with E-state index in [2.05, 4.69) is 0 Å². The van der Waals surface area contributed by atoms with Crippen LogP contribution in [0, 0.1) is 5.41 Å². The van der Waals surface area contributed by atoms with E-state index in [-0.39, 0.29) is 32.0 Å². The Hall–Kier alpha value is -2.80. The number of halogens is 5. The van der Waals surface area contributed by atoms with Crippen LogP contribution in [0.1, 0.15) is 26.3 Å². The number of hydrogen-bond donors (Lipinski definition) is 2. The summed E-state index contributed by atoms with van der Waals surface area (Å²) in [5.74, 6) is -3.10. The molecule has 0 unspecified atom stereocenters. The number of nitrogens with zero attached hydrogens (tertiary/aromatic N) is 2. The Morgan fingerprint density at radius 2 is 1.88 bits per heavy atom. The summed E-state index contributed by atoms with van der Waals surface area (Å²) in [6, 6.07) is 0.872. The van der Waals surface area contributed by atoms with Crippen LogP contribution >= 0.6 is 0 Å². The van der Waals surface area contributed by atoms with Crippen LogP contribution in [0.3, 0.4) is 0 Å². The van der Waals surface area contributed by atoms with E-state index < -0.39 is 59.6 Å². The molecule has 3 N–H and O–H groups in total.